The number of benzene rings is 1. The zero-order valence-electron chi connectivity index (χ0n) is 18.5. The van der Waals surface area contributed by atoms with Crippen molar-refractivity contribution in [3.63, 3.8) is 0 Å². The van der Waals surface area contributed by atoms with Crippen molar-refractivity contribution < 1.29 is 18.5 Å². The largest absolute Gasteiger partial charge is 0.443 e. The highest BCUT2D eigenvalue weighted by Crippen LogP contribution is 2.26. The average Bonchev–Trinajstić information content (AvgIpc) is 3.28. The van der Waals surface area contributed by atoms with Gasteiger partial charge in [0, 0.05) is 17.0 Å². The number of ether oxygens (including phenoxy) is 1. The first-order valence-corrected chi connectivity index (χ1v) is 11.9. The number of nitrogens with zero attached hydrogens (tertiary/aromatic N) is 2. The van der Waals surface area contributed by atoms with Crippen LogP contribution < -0.4 is 4.72 Å². The number of carbonyl (C=O) groups is 2. The fourth-order valence-electron chi connectivity index (χ4n) is 2.79. The minimum atomic E-state index is -1.23. The van der Waals surface area contributed by atoms with E-state index < -0.39 is 27.4 Å². The van der Waals surface area contributed by atoms with Crippen LogP contribution in [0.2, 0.25) is 0 Å². The number of para-hydroxylation sites is 1. The summed E-state index contributed by atoms with van der Waals surface area (Å²) in [5, 5.41) is 2.74. The second kappa shape index (κ2) is 8.64. The van der Waals surface area contributed by atoms with Crippen LogP contribution in [0.5, 0.6) is 0 Å². The Morgan fingerprint density at radius 2 is 1.84 bits per heavy atom. The Labute approximate surface area is 188 Å². The van der Waals surface area contributed by atoms with Crippen molar-refractivity contribution in [3.05, 3.63) is 52.1 Å². The Balaban J connectivity index is 1.87. The third-order valence-corrected chi connectivity index (χ3v) is 6.64. The molecule has 0 spiro atoms. The van der Waals surface area contributed by atoms with Gasteiger partial charge in [-0.2, -0.15) is 0 Å². The van der Waals surface area contributed by atoms with Crippen LogP contribution in [0.3, 0.4) is 0 Å². The summed E-state index contributed by atoms with van der Waals surface area (Å²) in [5.74, 6) is -0.272. The number of aromatic nitrogens is 2. The molecule has 1 atom stereocenters. The molecule has 0 aliphatic carbocycles. The first kappa shape index (κ1) is 23.3. The summed E-state index contributed by atoms with van der Waals surface area (Å²) in [5.41, 5.74) is 0.964. The molecule has 0 bridgehead atoms. The quantitative estimate of drug-likeness (QED) is 0.558. The average molecular weight is 462 g/mol. The Bertz CT molecular complexity index is 1150. The Kier molecular flexibility index (Phi) is 6.50. The number of fused-ring (bicyclic) bond motifs is 1. The second-order valence-corrected chi connectivity index (χ2v) is 12.0. The van der Waals surface area contributed by atoms with Gasteiger partial charge in [-0.3, -0.25) is 9.36 Å². The molecular formula is C22H27N3O4S2. The standard InChI is InChI=1S/C22H27N3O4S2/c1-21(2,3)29-20(27)25-12-16(15-9-7-8-10-17(15)25)18(26)19-24-14(13-30-19)11-23-31(28)22(4,5)6/h7-10,12-13,23H,11H2,1-6H3/t31-/m0/s1. The van der Waals surface area contributed by atoms with Gasteiger partial charge in [0.15, 0.2) is 5.01 Å². The zero-order valence-corrected chi connectivity index (χ0v) is 20.1. The second-order valence-electron chi connectivity index (χ2n) is 9.09. The van der Waals surface area contributed by atoms with E-state index in [-0.39, 0.29) is 5.78 Å². The smallest absolute Gasteiger partial charge is 0.419 e. The monoisotopic (exact) mass is 461 g/mol. The highest BCUT2D eigenvalue weighted by atomic mass is 32.2. The van der Waals surface area contributed by atoms with Gasteiger partial charge in [-0.05, 0) is 47.6 Å². The summed E-state index contributed by atoms with van der Waals surface area (Å²) < 4.78 is 21.6. The molecule has 0 unspecified atom stereocenters. The summed E-state index contributed by atoms with van der Waals surface area (Å²) >= 11 is 1.22. The van der Waals surface area contributed by atoms with E-state index in [9.17, 15) is 13.8 Å². The topological polar surface area (TPSA) is 90.3 Å². The molecule has 1 N–H and O–H groups in total. The summed E-state index contributed by atoms with van der Waals surface area (Å²) in [6.07, 6.45) is 0.964. The molecule has 0 saturated carbocycles. The number of ketones is 1. The maximum Gasteiger partial charge on any atom is 0.419 e. The third-order valence-electron chi connectivity index (χ3n) is 4.23. The van der Waals surface area contributed by atoms with Gasteiger partial charge in [-0.25, -0.2) is 18.7 Å². The van der Waals surface area contributed by atoms with Crippen LogP contribution in [-0.4, -0.2) is 36.0 Å². The van der Waals surface area contributed by atoms with E-state index in [0.717, 1.165) is 0 Å². The van der Waals surface area contributed by atoms with Crippen molar-refractivity contribution in [3.8, 4) is 0 Å². The normalized spacial score (nSPS) is 13.4. The summed E-state index contributed by atoms with van der Waals surface area (Å²) in [4.78, 5) is 30.3. The lowest BCUT2D eigenvalue weighted by Gasteiger charge is -2.19. The highest BCUT2D eigenvalue weighted by Gasteiger charge is 2.25. The molecule has 3 aromatic rings. The zero-order chi connectivity index (χ0) is 23.0. The van der Waals surface area contributed by atoms with Crippen LogP contribution in [0.25, 0.3) is 10.9 Å². The third kappa shape index (κ3) is 5.47. The van der Waals surface area contributed by atoms with E-state index in [1.165, 1.54) is 22.1 Å². The van der Waals surface area contributed by atoms with E-state index in [2.05, 4.69) is 9.71 Å². The molecular weight excluding hydrogens is 434 g/mol. The molecule has 0 aliphatic heterocycles. The lowest BCUT2D eigenvalue weighted by atomic mass is 10.1. The number of nitrogens with one attached hydrogen (secondary N) is 1. The molecule has 0 fully saturated rings. The fourth-order valence-corrected chi connectivity index (χ4v) is 4.27. The molecule has 3 rings (SSSR count). The molecule has 9 heteroatoms. The van der Waals surface area contributed by atoms with Crippen molar-refractivity contribution in [2.45, 2.75) is 58.4 Å². The van der Waals surface area contributed by atoms with Crippen LogP contribution in [0.1, 0.15) is 62.6 Å². The fraction of sp³-hybridized carbons (Fsp3) is 0.409. The van der Waals surface area contributed by atoms with Crippen LogP contribution in [0, 0.1) is 0 Å². The summed E-state index contributed by atoms with van der Waals surface area (Å²) in [6, 6.07) is 7.19. The van der Waals surface area contributed by atoms with Crippen LogP contribution in [0.4, 0.5) is 4.79 Å². The minimum Gasteiger partial charge on any atom is -0.443 e. The predicted octanol–water partition coefficient (Wildman–Crippen LogP) is 4.66. The van der Waals surface area contributed by atoms with Gasteiger partial charge in [0.2, 0.25) is 5.78 Å². The van der Waals surface area contributed by atoms with Crippen LogP contribution >= 0.6 is 11.3 Å². The molecule has 7 nitrogen and oxygen atoms in total. The van der Waals surface area contributed by atoms with Gasteiger partial charge < -0.3 is 4.74 Å². The number of rotatable bonds is 5. The lowest BCUT2D eigenvalue weighted by Crippen LogP contribution is -2.32. The van der Waals surface area contributed by atoms with Crippen LogP contribution in [0.15, 0.2) is 35.8 Å². The van der Waals surface area contributed by atoms with Gasteiger partial charge in [-0.1, -0.05) is 18.2 Å². The van der Waals surface area contributed by atoms with E-state index >= 15 is 0 Å². The maximum atomic E-state index is 13.2. The number of carbonyl (C=O) groups excluding carboxylic acids is 2. The summed E-state index contributed by atoms with van der Waals surface area (Å²) in [7, 11) is -1.23. The molecule has 0 amide bonds. The molecule has 0 radical (unpaired) electrons. The van der Waals surface area contributed by atoms with Crippen molar-refractivity contribution in [1.29, 1.82) is 0 Å². The number of thiazole rings is 1. The van der Waals surface area contributed by atoms with E-state index in [1.54, 1.807) is 44.4 Å². The van der Waals surface area contributed by atoms with Crippen molar-refractivity contribution in [2.24, 2.45) is 0 Å². The van der Waals surface area contributed by atoms with E-state index in [0.29, 0.717) is 33.7 Å². The molecule has 1 aromatic carbocycles. The first-order chi connectivity index (χ1) is 14.4. The number of hydrogen-bond donors (Lipinski definition) is 1. The maximum absolute atomic E-state index is 13.2. The van der Waals surface area contributed by atoms with E-state index in [4.69, 9.17) is 4.74 Å². The van der Waals surface area contributed by atoms with Gasteiger partial charge in [-0.15, -0.1) is 11.3 Å². The molecule has 2 aromatic heterocycles. The Morgan fingerprint density at radius 3 is 2.48 bits per heavy atom. The summed E-state index contributed by atoms with van der Waals surface area (Å²) in [6.45, 7) is 11.3. The minimum absolute atomic E-state index is 0.272. The first-order valence-electron chi connectivity index (χ1n) is 9.85. The van der Waals surface area contributed by atoms with Gasteiger partial charge in [0.1, 0.15) is 5.60 Å². The van der Waals surface area contributed by atoms with Gasteiger partial charge >= 0.3 is 6.09 Å². The molecule has 0 aliphatic rings. The van der Waals surface area contributed by atoms with E-state index in [1.807, 2.05) is 26.8 Å². The predicted molar refractivity (Wildman–Crippen MR) is 124 cm³/mol. The van der Waals surface area contributed by atoms with Crippen LogP contribution in [-0.2, 0) is 22.3 Å². The van der Waals surface area contributed by atoms with Crippen molar-refractivity contribution >= 4 is 45.1 Å². The molecule has 31 heavy (non-hydrogen) atoms. The SMILES string of the molecule is CC(C)(C)OC(=O)n1cc(C(=O)c2nc(CN[S@@](=O)C(C)(C)C)cs2)c2ccccc21. The van der Waals surface area contributed by atoms with Crippen molar-refractivity contribution in [1.82, 2.24) is 14.3 Å². The Morgan fingerprint density at radius 1 is 1.16 bits per heavy atom. The van der Waals surface area contributed by atoms with Gasteiger partial charge in [0.25, 0.3) is 0 Å². The Hall–Kier alpha value is -2.36. The molecule has 2 heterocycles. The van der Waals surface area contributed by atoms with Gasteiger partial charge in [0.05, 0.1) is 39.1 Å². The van der Waals surface area contributed by atoms with Crippen molar-refractivity contribution in [2.75, 3.05) is 0 Å². The molecule has 166 valence electrons. The molecule has 0 saturated heterocycles. The number of hydrogen-bond acceptors (Lipinski definition) is 6. The highest BCUT2D eigenvalue weighted by molar-refractivity contribution is 7.84. The lowest BCUT2D eigenvalue weighted by molar-refractivity contribution is 0.0544.